The molecule has 0 bridgehead atoms. The number of carbonyl (C=O) groups excluding carboxylic acids is 1. The van der Waals surface area contributed by atoms with Crippen LogP contribution in [-0.2, 0) is 4.79 Å². The Labute approximate surface area is 102 Å². The first kappa shape index (κ1) is 11.0. The smallest absolute Gasteiger partial charge is 0.169 e. The normalized spacial score (nSPS) is 28.1. The Morgan fingerprint density at radius 3 is 2.47 bits per heavy atom. The summed E-state index contributed by atoms with van der Waals surface area (Å²) in [5, 5.41) is 9.21. The Morgan fingerprint density at radius 1 is 1.29 bits per heavy atom. The molecule has 3 rings (SSSR count). The van der Waals surface area contributed by atoms with Crippen LogP contribution in [0.5, 0.6) is 0 Å². The second-order valence-electron chi connectivity index (χ2n) is 6.01. The number of ketones is 1. The molecule has 0 aromatic rings. The molecule has 0 heterocycles. The lowest BCUT2D eigenvalue weighted by molar-refractivity contribution is -0.126. The summed E-state index contributed by atoms with van der Waals surface area (Å²) >= 11 is 0. The van der Waals surface area contributed by atoms with Crippen molar-refractivity contribution in [1.82, 2.24) is 0 Å². The van der Waals surface area contributed by atoms with Crippen molar-refractivity contribution in [1.29, 1.82) is 0 Å². The number of aliphatic hydroxyl groups excluding tert-OH is 1. The van der Waals surface area contributed by atoms with E-state index in [2.05, 4.69) is 20.8 Å². The van der Waals surface area contributed by atoms with Crippen LogP contribution in [0.4, 0.5) is 0 Å². The zero-order valence-corrected chi connectivity index (χ0v) is 10.6. The standard InChI is InChI=1S/C15H18O2/c1-9-11-6-10(8-16)7-12(11)13(17)14(2,3)15(9)4-5-15/h6-7,16H,4-5,8H2,1-3H3. The van der Waals surface area contributed by atoms with Gasteiger partial charge in [0.2, 0.25) is 0 Å². The third kappa shape index (κ3) is 1.12. The molecule has 90 valence electrons. The lowest BCUT2D eigenvalue weighted by Crippen LogP contribution is -2.40. The maximum Gasteiger partial charge on any atom is 0.169 e. The Morgan fingerprint density at radius 2 is 1.94 bits per heavy atom. The minimum absolute atomic E-state index is 0.0149. The van der Waals surface area contributed by atoms with Gasteiger partial charge in [-0.15, -0.1) is 0 Å². The molecule has 0 saturated heterocycles. The average Bonchev–Trinajstić information content (AvgIpc) is 3.00. The summed E-state index contributed by atoms with van der Waals surface area (Å²) in [6.07, 6.45) is 6.09. The summed E-state index contributed by atoms with van der Waals surface area (Å²) in [7, 11) is 0. The average molecular weight is 230 g/mol. The molecule has 2 heteroatoms. The number of Topliss-reactive ketones (excluding diaryl/α,β-unsaturated/α-hetero) is 1. The number of hydrogen-bond acceptors (Lipinski definition) is 2. The van der Waals surface area contributed by atoms with E-state index in [1.807, 2.05) is 12.2 Å². The minimum atomic E-state index is -0.287. The first-order valence-corrected chi connectivity index (χ1v) is 6.24. The predicted octanol–water partition coefficient (Wildman–Crippen LogP) is 2.55. The Kier molecular flexibility index (Phi) is 1.93. The maximum atomic E-state index is 12.6. The topological polar surface area (TPSA) is 37.3 Å². The van der Waals surface area contributed by atoms with E-state index in [-0.39, 0.29) is 23.2 Å². The second-order valence-corrected chi connectivity index (χ2v) is 6.01. The molecular formula is C15H18O2. The van der Waals surface area contributed by atoms with E-state index in [9.17, 15) is 9.90 Å². The minimum Gasteiger partial charge on any atom is -0.392 e. The van der Waals surface area contributed by atoms with Crippen molar-refractivity contribution in [2.75, 3.05) is 6.61 Å². The first-order chi connectivity index (χ1) is 7.94. The third-order valence-electron chi connectivity index (χ3n) is 5.01. The summed E-state index contributed by atoms with van der Waals surface area (Å²) in [6, 6.07) is 0. The monoisotopic (exact) mass is 230 g/mol. The van der Waals surface area contributed by atoms with Gasteiger partial charge in [-0.2, -0.15) is 0 Å². The highest BCUT2D eigenvalue weighted by Crippen LogP contribution is 2.67. The molecule has 1 fully saturated rings. The molecule has 3 aliphatic carbocycles. The number of allylic oxidation sites excluding steroid dienone is 4. The van der Waals surface area contributed by atoms with Crippen LogP contribution >= 0.6 is 0 Å². The number of hydrogen-bond donors (Lipinski definition) is 1. The molecule has 0 aromatic carbocycles. The van der Waals surface area contributed by atoms with Gasteiger partial charge in [0.25, 0.3) is 0 Å². The van der Waals surface area contributed by atoms with Crippen molar-refractivity contribution in [3.05, 3.63) is 34.4 Å². The molecule has 0 unspecified atom stereocenters. The van der Waals surface area contributed by atoms with Crippen LogP contribution in [0, 0.1) is 10.8 Å². The van der Waals surface area contributed by atoms with Gasteiger partial charge >= 0.3 is 0 Å². The number of fused-ring (bicyclic) bond motifs is 1. The highest BCUT2D eigenvalue weighted by Gasteiger charge is 2.62. The van der Waals surface area contributed by atoms with E-state index in [4.69, 9.17) is 0 Å². The molecule has 1 saturated carbocycles. The largest absolute Gasteiger partial charge is 0.392 e. The van der Waals surface area contributed by atoms with Crippen molar-refractivity contribution in [2.24, 2.45) is 10.8 Å². The zero-order valence-electron chi connectivity index (χ0n) is 10.6. The third-order valence-corrected chi connectivity index (χ3v) is 5.01. The van der Waals surface area contributed by atoms with Gasteiger partial charge in [0, 0.05) is 16.4 Å². The Bertz CT molecular complexity index is 511. The molecule has 17 heavy (non-hydrogen) atoms. The van der Waals surface area contributed by atoms with Gasteiger partial charge < -0.3 is 5.11 Å². The summed E-state index contributed by atoms with van der Waals surface area (Å²) in [5.41, 5.74) is 3.90. The number of aliphatic hydroxyl groups is 1. The van der Waals surface area contributed by atoms with Crippen LogP contribution < -0.4 is 0 Å². The molecule has 1 N–H and O–H groups in total. The molecule has 1 spiro atoms. The van der Waals surface area contributed by atoms with Crippen molar-refractivity contribution in [3.63, 3.8) is 0 Å². The van der Waals surface area contributed by atoms with Crippen molar-refractivity contribution >= 4 is 5.78 Å². The van der Waals surface area contributed by atoms with E-state index in [1.54, 1.807) is 0 Å². The van der Waals surface area contributed by atoms with Crippen LogP contribution in [0.2, 0.25) is 0 Å². The second kappa shape index (κ2) is 2.99. The molecule has 3 aliphatic rings. The Balaban J connectivity index is 2.23. The summed E-state index contributed by atoms with van der Waals surface area (Å²) < 4.78 is 0. The maximum absolute atomic E-state index is 12.6. The van der Waals surface area contributed by atoms with Gasteiger partial charge in [-0.05, 0) is 43.1 Å². The van der Waals surface area contributed by atoms with E-state index >= 15 is 0 Å². The fourth-order valence-corrected chi connectivity index (χ4v) is 3.56. The highest BCUT2D eigenvalue weighted by atomic mass is 16.3. The SMILES string of the molecule is CC1=C2C=C(CO)C=C2C(=O)C(C)(C)C12CC2. The van der Waals surface area contributed by atoms with E-state index in [1.165, 1.54) is 5.57 Å². The van der Waals surface area contributed by atoms with Crippen LogP contribution in [-0.4, -0.2) is 17.5 Å². The summed E-state index contributed by atoms with van der Waals surface area (Å²) in [6.45, 7) is 6.31. The van der Waals surface area contributed by atoms with Gasteiger partial charge in [-0.1, -0.05) is 19.4 Å². The number of carbonyl (C=O) groups is 1. The van der Waals surface area contributed by atoms with Gasteiger partial charge in [0.05, 0.1) is 6.61 Å². The molecule has 2 nitrogen and oxygen atoms in total. The van der Waals surface area contributed by atoms with Crippen molar-refractivity contribution in [2.45, 2.75) is 33.6 Å². The fraction of sp³-hybridized carbons (Fsp3) is 0.533. The van der Waals surface area contributed by atoms with Gasteiger partial charge in [0.15, 0.2) is 5.78 Å². The molecular weight excluding hydrogens is 212 g/mol. The van der Waals surface area contributed by atoms with Gasteiger partial charge in [-0.3, -0.25) is 4.79 Å². The van der Waals surface area contributed by atoms with Crippen molar-refractivity contribution < 1.29 is 9.90 Å². The fourth-order valence-electron chi connectivity index (χ4n) is 3.56. The lowest BCUT2D eigenvalue weighted by Gasteiger charge is -2.40. The summed E-state index contributed by atoms with van der Waals surface area (Å²) in [5.74, 6) is 0.246. The van der Waals surface area contributed by atoms with Crippen LogP contribution in [0.1, 0.15) is 33.6 Å². The molecule has 0 amide bonds. The van der Waals surface area contributed by atoms with E-state index in [0.717, 1.165) is 29.6 Å². The van der Waals surface area contributed by atoms with E-state index < -0.39 is 0 Å². The quantitative estimate of drug-likeness (QED) is 0.751. The molecule has 0 aromatic heterocycles. The molecule has 0 radical (unpaired) electrons. The van der Waals surface area contributed by atoms with Gasteiger partial charge in [-0.25, -0.2) is 0 Å². The zero-order chi connectivity index (χ0) is 12.4. The van der Waals surface area contributed by atoms with Gasteiger partial charge in [0.1, 0.15) is 0 Å². The van der Waals surface area contributed by atoms with Crippen LogP contribution in [0.3, 0.4) is 0 Å². The Hall–Kier alpha value is -1.15. The molecule has 0 aliphatic heterocycles. The van der Waals surface area contributed by atoms with Crippen molar-refractivity contribution in [3.8, 4) is 0 Å². The predicted molar refractivity (Wildman–Crippen MR) is 66.4 cm³/mol. The number of rotatable bonds is 1. The summed E-state index contributed by atoms with van der Waals surface area (Å²) in [4.78, 5) is 12.6. The van der Waals surface area contributed by atoms with E-state index in [0.29, 0.717) is 0 Å². The highest BCUT2D eigenvalue weighted by molar-refractivity contribution is 6.08. The molecule has 0 atom stereocenters. The lowest BCUT2D eigenvalue weighted by atomic mass is 9.62. The van der Waals surface area contributed by atoms with Crippen LogP contribution in [0.15, 0.2) is 34.4 Å². The first-order valence-electron chi connectivity index (χ1n) is 6.24. The van der Waals surface area contributed by atoms with Crippen LogP contribution in [0.25, 0.3) is 0 Å².